The topological polar surface area (TPSA) is 73.6 Å². The van der Waals surface area contributed by atoms with Crippen molar-refractivity contribution in [2.45, 2.75) is 44.2 Å². The van der Waals surface area contributed by atoms with E-state index in [0.29, 0.717) is 18.2 Å². The summed E-state index contributed by atoms with van der Waals surface area (Å²) < 4.78 is 16.4. The maximum absolute atomic E-state index is 12.6. The van der Waals surface area contributed by atoms with Gasteiger partial charge in [-0.15, -0.1) is 0 Å². The number of hydrogen-bond donors (Lipinski definition) is 1. The summed E-state index contributed by atoms with van der Waals surface area (Å²) in [4.78, 5) is 12.6. The normalized spacial score (nSPS) is 33.0. The number of nitrogens with zero attached hydrogens (tertiary/aromatic N) is 1. The number of carbonyl (C=O) groups excluding carboxylic acids is 1. The molecule has 1 aromatic rings. The summed E-state index contributed by atoms with van der Waals surface area (Å²) in [5, 5.41) is 7.17. The Hall–Kier alpha value is -1.40. The number of aromatic nitrogens is 1. The summed E-state index contributed by atoms with van der Waals surface area (Å²) in [5.41, 5.74) is 1.49. The Kier molecular flexibility index (Phi) is 3.66. The first kappa shape index (κ1) is 14.2. The molecule has 0 spiro atoms. The van der Waals surface area contributed by atoms with Gasteiger partial charge in [0.25, 0.3) is 5.91 Å². The van der Waals surface area contributed by atoms with Crippen LogP contribution in [0.3, 0.4) is 0 Å². The van der Waals surface area contributed by atoms with Gasteiger partial charge in [-0.05, 0) is 25.7 Å². The number of carbonyl (C=O) groups is 1. The molecular formula is C16H22N2O4. The van der Waals surface area contributed by atoms with Crippen molar-refractivity contribution < 1.29 is 18.8 Å². The molecule has 6 heteroatoms. The van der Waals surface area contributed by atoms with Crippen molar-refractivity contribution in [3.8, 4) is 0 Å². The van der Waals surface area contributed by atoms with Gasteiger partial charge in [-0.25, -0.2) is 0 Å². The maximum Gasteiger partial charge on any atom is 0.274 e. The number of fused-ring (bicyclic) bond motifs is 2. The van der Waals surface area contributed by atoms with E-state index in [2.05, 4.69) is 10.5 Å². The van der Waals surface area contributed by atoms with E-state index in [-0.39, 0.29) is 24.0 Å². The SMILES string of the molecule is COC[C@@H]1[C@@H](NC(=O)c2noc3c2CCCC3)[C@@H]2CCO[C@H]12. The summed E-state index contributed by atoms with van der Waals surface area (Å²) in [6, 6.07) is 0.121. The Morgan fingerprint density at radius 1 is 1.41 bits per heavy atom. The number of amides is 1. The number of aryl methyl sites for hydroxylation is 1. The van der Waals surface area contributed by atoms with Crippen LogP contribution in [0.1, 0.15) is 41.1 Å². The van der Waals surface area contributed by atoms with Gasteiger partial charge in [-0.3, -0.25) is 4.79 Å². The van der Waals surface area contributed by atoms with Crippen molar-refractivity contribution in [3.63, 3.8) is 0 Å². The van der Waals surface area contributed by atoms with Crippen molar-refractivity contribution in [2.24, 2.45) is 11.8 Å². The van der Waals surface area contributed by atoms with E-state index in [9.17, 15) is 4.79 Å². The van der Waals surface area contributed by atoms with Crippen molar-refractivity contribution in [1.29, 1.82) is 0 Å². The van der Waals surface area contributed by atoms with Gasteiger partial charge < -0.3 is 19.3 Å². The third kappa shape index (κ3) is 2.16. The first-order chi connectivity index (χ1) is 10.8. The average molecular weight is 306 g/mol. The number of rotatable bonds is 4. The standard InChI is InChI=1S/C16H22N2O4/c1-20-8-11-13(10-6-7-21-15(10)11)17-16(19)14-9-4-2-3-5-12(9)22-18-14/h10-11,13,15H,2-8H2,1H3,(H,17,19)/t10-,11+,13-,15-/m0/s1. The van der Waals surface area contributed by atoms with Crippen LogP contribution in [0.2, 0.25) is 0 Å². The van der Waals surface area contributed by atoms with Crippen LogP contribution in [0, 0.1) is 11.8 Å². The van der Waals surface area contributed by atoms with E-state index in [4.69, 9.17) is 14.0 Å². The highest BCUT2D eigenvalue weighted by Crippen LogP contribution is 2.43. The van der Waals surface area contributed by atoms with E-state index >= 15 is 0 Å². The van der Waals surface area contributed by atoms with Crippen LogP contribution >= 0.6 is 0 Å². The molecule has 2 heterocycles. The lowest BCUT2D eigenvalue weighted by molar-refractivity contribution is -0.0810. The lowest BCUT2D eigenvalue weighted by atomic mass is 9.67. The molecule has 22 heavy (non-hydrogen) atoms. The van der Waals surface area contributed by atoms with Gasteiger partial charge in [-0.2, -0.15) is 0 Å². The Balaban J connectivity index is 1.48. The molecule has 2 aliphatic carbocycles. The van der Waals surface area contributed by atoms with Gasteiger partial charge >= 0.3 is 0 Å². The molecule has 3 aliphatic rings. The fraction of sp³-hybridized carbons (Fsp3) is 0.750. The summed E-state index contributed by atoms with van der Waals surface area (Å²) in [6.07, 6.45) is 5.24. The van der Waals surface area contributed by atoms with Gasteiger partial charge in [0.1, 0.15) is 5.76 Å². The van der Waals surface area contributed by atoms with Crippen LogP contribution in [0.4, 0.5) is 0 Å². The van der Waals surface area contributed by atoms with Crippen molar-refractivity contribution >= 4 is 5.91 Å². The molecule has 0 radical (unpaired) electrons. The molecule has 6 nitrogen and oxygen atoms in total. The monoisotopic (exact) mass is 306 g/mol. The molecule has 0 unspecified atom stereocenters. The van der Waals surface area contributed by atoms with E-state index in [1.165, 1.54) is 0 Å². The maximum atomic E-state index is 12.6. The molecule has 2 fully saturated rings. The molecule has 4 atom stereocenters. The minimum atomic E-state index is -0.108. The van der Waals surface area contributed by atoms with Crippen molar-refractivity contribution in [2.75, 3.05) is 20.3 Å². The largest absolute Gasteiger partial charge is 0.384 e. The smallest absolute Gasteiger partial charge is 0.274 e. The van der Waals surface area contributed by atoms with Gasteiger partial charge in [-0.1, -0.05) is 5.16 Å². The Morgan fingerprint density at radius 2 is 2.27 bits per heavy atom. The second kappa shape index (κ2) is 5.66. The second-order valence-electron chi connectivity index (χ2n) is 6.55. The molecule has 1 saturated heterocycles. The summed E-state index contributed by atoms with van der Waals surface area (Å²) in [5.74, 6) is 1.43. The molecule has 1 amide bonds. The van der Waals surface area contributed by atoms with E-state index in [1.807, 2.05) is 0 Å². The van der Waals surface area contributed by atoms with E-state index in [0.717, 1.165) is 50.0 Å². The molecule has 0 aromatic carbocycles. The highest BCUT2D eigenvalue weighted by Gasteiger charge is 2.54. The highest BCUT2D eigenvalue weighted by molar-refractivity contribution is 5.94. The second-order valence-corrected chi connectivity index (χ2v) is 6.55. The van der Waals surface area contributed by atoms with Gasteiger partial charge in [0, 0.05) is 43.6 Å². The Morgan fingerprint density at radius 3 is 3.14 bits per heavy atom. The van der Waals surface area contributed by atoms with Crippen LogP contribution in [-0.2, 0) is 22.3 Å². The van der Waals surface area contributed by atoms with E-state index in [1.54, 1.807) is 7.11 Å². The van der Waals surface area contributed by atoms with Gasteiger partial charge in [0.15, 0.2) is 5.69 Å². The minimum absolute atomic E-state index is 0.108. The average Bonchev–Trinajstić information content (AvgIpc) is 3.15. The predicted octanol–water partition coefficient (Wildman–Crippen LogP) is 1.33. The number of nitrogens with one attached hydrogen (secondary N) is 1. The lowest BCUT2D eigenvalue weighted by Gasteiger charge is -2.47. The first-order valence-electron chi connectivity index (χ1n) is 8.18. The summed E-state index contributed by atoms with van der Waals surface area (Å²) in [7, 11) is 1.69. The zero-order chi connectivity index (χ0) is 15.1. The highest BCUT2D eigenvalue weighted by atomic mass is 16.5. The van der Waals surface area contributed by atoms with Crippen LogP contribution in [-0.4, -0.2) is 43.5 Å². The van der Waals surface area contributed by atoms with Gasteiger partial charge in [0.05, 0.1) is 12.7 Å². The number of methoxy groups -OCH3 is 1. The molecule has 120 valence electrons. The first-order valence-corrected chi connectivity index (χ1v) is 8.18. The van der Waals surface area contributed by atoms with Crippen molar-refractivity contribution in [1.82, 2.24) is 10.5 Å². The molecule has 4 rings (SSSR count). The molecular weight excluding hydrogens is 284 g/mol. The zero-order valence-corrected chi connectivity index (χ0v) is 12.8. The van der Waals surface area contributed by atoms with E-state index < -0.39 is 0 Å². The Bertz CT molecular complexity index is 570. The minimum Gasteiger partial charge on any atom is -0.384 e. The van der Waals surface area contributed by atoms with Crippen LogP contribution in [0.25, 0.3) is 0 Å². The molecule has 1 aliphatic heterocycles. The lowest BCUT2D eigenvalue weighted by Crippen LogP contribution is -2.62. The zero-order valence-electron chi connectivity index (χ0n) is 12.8. The van der Waals surface area contributed by atoms with Crippen LogP contribution < -0.4 is 5.32 Å². The summed E-state index contributed by atoms with van der Waals surface area (Å²) in [6.45, 7) is 1.39. The van der Waals surface area contributed by atoms with Crippen LogP contribution in [0.15, 0.2) is 4.52 Å². The third-order valence-electron chi connectivity index (χ3n) is 5.35. The fourth-order valence-electron chi connectivity index (χ4n) is 4.22. The molecule has 1 aromatic heterocycles. The third-order valence-corrected chi connectivity index (χ3v) is 5.35. The van der Waals surface area contributed by atoms with Gasteiger partial charge in [0.2, 0.25) is 0 Å². The summed E-state index contributed by atoms with van der Waals surface area (Å²) >= 11 is 0. The molecule has 1 saturated carbocycles. The Labute approximate surface area is 129 Å². The molecule has 0 bridgehead atoms. The molecule has 1 N–H and O–H groups in total. The van der Waals surface area contributed by atoms with Crippen LogP contribution in [0.5, 0.6) is 0 Å². The quantitative estimate of drug-likeness (QED) is 0.908. The predicted molar refractivity (Wildman–Crippen MR) is 77.6 cm³/mol. The fourth-order valence-corrected chi connectivity index (χ4v) is 4.22. The van der Waals surface area contributed by atoms with Crippen molar-refractivity contribution in [3.05, 3.63) is 17.0 Å². The number of hydrogen-bond acceptors (Lipinski definition) is 5. The number of ether oxygens (including phenoxy) is 2.